The fraction of sp³-hybridized carbons (Fsp3) is 0.391. The first-order valence-corrected chi connectivity index (χ1v) is 10.9. The number of aryl methyl sites for hydroxylation is 2. The second kappa shape index (κ2) is 8.52. The van der Waals surface area contributed by atoms with Gasteiger partial charge in [0, 0.05) is 17.3 Å². The minimum absolute atomic E-state index is 0.177. The summed E-state index contributed by atoms with van der Waals surface area (Å²) in [6.45, 7) is 12.7. The Morgan fingerprint density at radius 2 is 1.77 bits per heavy atom. The zero-order valence-electron chi connectivity index (χ0n) is 18.3. The number of hydrogen-bond acceptors (Lipinski definition) is 5. The Balaban J connectivity index is 1.96. The SMILES string of the molecule is CCCNC(=O)c1ccccc1NC(=O)c1sc2nc(C(C)(C)C)nc(C)c2c1C. The van der Waals surface area contributed by atoms with Crippen LogP contribution in [0.3, 0.4) is 0 Å². The summed E-state index contributed by atoms with van der Waals surface area (Å²) in [6, 6.07) is 7.04. The molecule has 0 aliphatic heterocycles. The molecule has 0 fully saturated rings. The van der Waals surface area contributed by atoms with Gasteiger partial charge in [0.15, 0.2) is 0 Å². The summed E-state index contributed by atoms with van der Waals surface area (Å²) < 4.78 is 0. The van der Waals surface area contributed by atoms with Crippen molar-refractivity contribution in [1.29, 1.82) is 0 Å². The van der Waals surface area contributed by atoms with Crippen LogP contribution in [-0.4, -0.2) is 28.3 Å². The quantitative estimate of drug-likeness (QED) is 0.604. The summed E-state index contributed by atoms with van der Waals surface area (Å²) in [4.78, 5) is 36.3. The third kappa shape index (κ3) is 4.36. The largest absolute Gasteiger partial charge is 0.352 e. The Hall–Kier alpha value is -2.80. The number of para-hydroxylation sites is 1. The molecule has 0 saturated carbocycles. The number of hydrogen-bond donors (Lipinski definition) is 2. The Bertz CT molecular complexity index is 1110. The van der Waals surface area contributed by atoms with Crippen molar-refractivity contribution in [3.63, 3.8) is 0 Å². The van der Waals surface area contributed by atoms with Crippen LogP contribution in [0.25, 0.3) is 10.2 Å². The van der Waals surface area contributed by atoms with E-state index in [4.69, 9.17) is 4.98 Å². The molecule has 30 heavy (non-hydrogen) atoms. The van der Waals surface area contributed by atoms with E-state index in [0.717, 1.165) is 33.7 Å². The molecule has 0 bridgehead atoms. The lowest BCUT2D eigenvalue weighted by Gasteiger charge is -2.16. The van der Waals surface area contributed by atoms with Crippen LogP contribution in [0.4, 0.5) is 5.69 Å². The van der Waals surface area contributed by atoms with E-state index >= 15 is 0 Å². The Morgan fingerprint density at radius 1 is 1.07 bits per heavy atom. The van der Waals surface area contributed by atoms with E-state index < -0.39 is 0 Å². The van der Waals surface area contributed by atoms with Crippen molar-refractivity contribution in [1.82, 2.24) is 15.3 Å². The first-order chi connectivity index (χ1) is 14.1. The number of carbonyl (C=O) groups is 2. The molecule has 0 spiro atoms. The topological polar surface area (TPSA) is 84.0 Å². The van der Waals surface area contributed by atoms with Gasteiger partial charge in [-0.2, -0.15) is 0 Å². The average molecular weight is 425 g/mol. The molecule has 2 aromatic heterocycles. The summed E-state index contributed by atoms with van der Waals surface area (Å²) in [6.07, 6.45) is 0.845. The van der Waals surface area contributed by atoms with Gasteiger partial charge in [0.25, 0.3) is 11.8 Å². The van der Waals surface area contributed by atoms with Crippen LogP contribution in [0.1, 0.15) is 71.2 Å². The number of benzene rings is 1. The molecule has 0 aliphatic carbocycles. The van der Waals surface area contributed by atoms with Crippen LogP contribution in [0, 0.1) is 13.8 Å². The summed E-state index contributed by atoms with van der Waals surface area (Å²) in [5.74, 6) is 0.318. The monoisotopic (exact) mass is 424 g/mol. The maximum atomic E-state index is 13.1. The molecule has 2 heterocycles. The number of nitrogens with zero attached hydrogens (tertiary/aromatic N) is 2. The summed E-state index contributed by atoms with van der Waals surface area (Å²) in [7, 11) is 0. The van der Waals surface area contributed by atoms with Crippen LogP contribution in [0.2, 0.25) is 0 Å². The molecule has 0 unspecified atom stereocenters. The number of fused-ring (bicyclic) bond motifs is 1. The van der Waals surface area contributed by atoms with Crippen molar-refractivity contribution >= 4 is 39.1 Å². The van der Waals surface area contributed by atoms with Crippen molar-refractivity contribution in [2.45, 2.75) is 53.4 Å². The van der Waals surface area contributed by atoms with Gasteiger partial charge in [0.05, 0.1) is 21.8 Å². The van der Waals surface area contributed by atoms with E-state index in [1.165, 1.54) is 11.3 Å². The molecule has 6 nitrogen and oxygen atoms in total. The lowest BCUT2D eigenvalue weighted by atomic mass is 9.95. The molecule has 0 aliphatic rings. The van der Waals surface area contributed by atoms with Gasteiger partial charge < -0.3 is 10.6 Å². The molecular weight excluding hydrogens is 396 g/mol. The normalized spacial score (nSPS) is 11.5. The van der Waals surface area contributed by atoms with E-state index in [9.17, 15) is 9.59 Å². The maximum Gasteiger partial charge on any atom is 0.266 e. The minimum Gasteiger partial charge on any atom is -0.352 e. The standard InChI is InChI=1S/C23H28N4O2S/c1-7-12-24-19(28)15-10-8-9-11-16(15)26-20(29)18-13(2)17-14(3)25-22(23(4,5)6)27-21(17)30-18/h8-11H,7,12H2,1-6H3,(H,24,28)(H,26,29). The highest BCUT2D eigenvalue weighted by molar-refractivity contribution is 7.20. The van der Waals surface area contributed by atoms with Gasteiger partial charge in [-0.1, -0.05) is 39.8 Å². The Kier molecular flexibility index (Phi) is 6.22. The van der Waals surface area contributed by atoms with Crippen molar-refractivity contribution in [3.8, 4) is 0 Å². The van der Waals surface area contributed by atoms with Gasteiger partial charge in [-0.15, -0.1) is 11.3 Å². The number of amides is 2. The lowest BCUT2D eigenvalue weighted by molar-refractivity contribution is 0.0954. The number of aromatic nitrogens is 2. The van der Waals surface area contributed by atoms with Gasteiger partial charge in [-0.3, -0.25) is 9.59 Å². The number of anilines is 1. The van der Waals surface area contributed by atoms with Gasteiger partial charge in [-0.05, 0) is 38.0 Å². The summed E-state index contributed by atoms with van der Waals surface area (Å²) >= 11 is 1.36. The van der Waals surface area contributed by atoms with E-state index in [-0.39, 0.29) is 17.2 Å². The Labute approximate surface area is 181 Å². The number of carbonyl (C=O) groups excluding carboxylic acids is 2. The predicted octanol–water partition coefficient (Wildman–Crippen LogP) is 5.00. The zero-order chi connectivity index (χ0) is 22.1. The van der Waals surface area contributed by atoms with E-state index in [2.05, 4.69) is 36.4 Å². The number of thiophene rings is 1. The molecule has 3 aromatic rings. The van der Waals surface area contributed by atoms with Crippen molar-refractivity contribution in [2.24, 2.45) is 0 Å². The van der Waals surface area contributed by atoms with Crippen LogP contribution in [0.15, 0.2) is 24.3 Å². The van der Waals surface area contributed by atoms with Gasteiger partial charge in [0.1, 0.15) is 10.7 Å². The highest BCUT2D eigenvalue weighted by Gasteiger charge is 2.24. The molecule has 7 heteroatoms. The first-order valence-electron chi connectivity index (χ1n) is 10.1. The fourth-order valence-electron chi connectivity index (χ4n) is 3.19. The second-order valence-electron chi connectivity index (χ2n) is 8.37. The third-order valence-electron chi connectivity index (χ3n) is 4.80. The summed E-state index contributed by atoms with van der Waals surface area (Å²) in [5, 5.41) is 6.69. The van der Waals surface area contributed by atoms with Crippen LogP contribution in [0.5, 0.6) is 0 Å². The molecule has 0 saturated heterocycles. The smallest absolute Gasteiger partial charge is 0.266 e. The number of nitrogens with one attached hydrogen (secondary N) is 2. The highest BCUT2D eigenvalue weighted by Crippen LogP contribution is 2.33. The highest BCUT2D eigenvalue weighted by atomic mass is 32.1. The molecule has 2 amide bonds. The molecule has 3 rings (SSSR count). The van der Waals surface area contributed by atoms with E-state index in [1.54, 1.807) is 24.3 Å². The van der Waals surface area contributed by atoms with Crippen molar-refractivity contribution in [3.05, 3.63) is 51.8 Å². The first kappa shape index (κ1) is 21.9. The molecular formula is C23H28N4O2S. The van der Waals surface area contributed by atoms with Gasteiger partial charge in [0.2, 0.25) is 0 Å². The maximum absolute atomic E-state index is 13.1. The Morgan fingerprint density at radius 3 is 2.43 bits per heavy atom. The van der Waals surface area contributed by atoms with Crippen molar-refractivity contribution < 1.29 is 9.59 Å². The van der Waals surface area contributed by atoms with Crippen molar-refractivity contribution in [2.75, 3.05) is 11.9 Å². The average Bonchev–Trinajstić information content (AvgIpc) is 3.03. The van der Waals surface area contributed by atoms with Crippen LogP contribution in [-0.2, 0) is 5.41 Å². The molecule has 1 aromatic carbocycles. The van der Waals surface area contributed by atoms with E-state index in [0.29, 0.717) is 22.7 Å². The third-order valence-corrected chi connectivity index (χ3v) is 5.99. The fourth-order valence-corrected chi connectivity index (χ4v) is 4.32. The molecule has 0 radical (unpaired) electrons. The van der Waals surface area contributed by atoms with Crippen LogP contribution >= 0.6 is 11.3 Å². The van der Waals surface area contributed by atoms with Gasteiger partial charge in [-0.25, -0.2) is 9.97 Å². The molecule has 0 atom stereocenters. The van der Waals surface area contributed by atoms with E-state index in [1.807, 2.05) is 20.8 Å². The summed E-state index contributed by atoms with van der Waals surface area (Å²) in [5.41, 5.74) is 2.50. The number of rotatable bonds is 5. The predicted molar refractivity (Wildman–Crippen MR) is 123 cm³/mol. The zero-order valence-corrected chi connectivity index (χ0v) is 19.2. The molecule has 2 N–H and O–H groups in total. The molecule has 158 valence electrons. The second-order valence-corrected chi connectivity index (χ2v) is 9.37. The minimum atomic E-state index is -0.247. The van der Waals surface area contributed by atoms with Gasteiger partial charge >= 0.3 is 0 Å². The lowest BCUT2D eigenvalue weighted by Crippen LogP contribution is -2.25. The van der Waals surface area contributed by atoms with Crippen LogP contribution < -0.4 is 10.6 Å².